The van der Waals surface area contributed by atoms with Crippen LogP contribution in [0.3, 0.4) is 0 Å². The Kier molecular flexibility index (Phi) is 3.34. The molecule has 0 aliphatic heterocycles. The van der Waals surface area contributed by atoms with Gasteiger partial charge >= 0.3 is 0 Å². The average Bonchev–Trinajstić information content (AvgIpc) is 3.13. The van der Waals surface area contributed by atoms with Crippen LogP contribution in [0.5, 0.6) is 5.75 Å². The van der Waals surface area contributed by atoms with Gasteiger partial charge in [0.25, 0.3) is 0 Å². The van der Waals surface area contributed by atoms with Crippen molar-refractivity contribution in [2.75, 3.05) is 25.6 Å². The summed E-state index contributed by atoms with van der Waals surface area (Å²) in [6.45, 7) is 0.705. The van der Waals surface area contributed by atoms with Crippen LogP contribution in [0.2, 0.25) is 0 Å². The van der Waals surface area contributed by atoms with Crippen molar-refractivity contribution in [3.05, 3.63) is 24.3 Å². The minimum Gasteiger partial charge on any atom is -0.497 e. The van der Waals surface area contributed by atoms with Crippen molar-refractivity contribution >= 4 is 5.69 Å². The zero-order chi connectivity index (χ0) is 11.5. The number of benzene rings is 1. The zero-order valence-corrected chi connectivity index (χ0v) is 9.89. The Bertz CT molecular complexity index is 332. The van der Waals surface area contributed by atoms with Gasteiger partial charge < -0.3 is 14.7 Å². The normalized spacial score (nSPS) is 16.9. The SMILES string of the molecule is COc1ccc(N(C)CC(O)C2CC2)cc1. The Hall–Kier alpha value is -1.22. The van der Waals surface area contributed by atoms with Crippen molar-refractivity contribution in [3.8, 4) is 5.75 Å². The maximum absolute atomic E-state index is 9.86. The lowest BCUT2D eigenvalue weighted by molar-refractivity contribution is 0.158. The summed E-state index contributed by atoms with van der Waals surface area (Å²) in [5.74, 6) is 1.39. The van der Waals surface area contributed by atoms with E-state index in [1.807, 2.05) is 31.3 Å². The van der Waals surface area contributed by atoms with Crippen LogP contribution in [0.4, 0.5) is 5.69 Å². The van der Waals surface area contributed by atoms with E-state index in [2.05, 4.69) is 4.90 Å². The monoisotopic (exact) mass is 221 g/mol. The molecule has 1 fully saturated rings. The predicted octanol–water partition coefficient (Wildman–Crippen LogP) is 1.90. The number of anilines is 1. The molecule has 88 valence electrons. The Balaban J connectivity index is 1.93. The van der Waals surface area contributed by atoms with Gasteiger partial charge in [-0.2, -0.15) is 0 Å². The van der Waals surface area contributed by atoms with Gasteiger partial charge in [0.15, 0.2) is 0 Å². The molecule has 1 aliphatic rings. The number of hydrogen-bond donors (Lipinski definition) is 1. The highest BCUT2D eigenvalue weighted by atomic mass is 16.5. The molecule has 1 N–H and O–H groups in total. The quantitative estimate of drug-likeness (QED) is 0.824. The zero-order valence-electron chi connectivity index (χ0n) is 9.89. The molecule has 1 aromatic carbocycles. The molecule has 0 amide bonds. The highest BCUT2D eigenvalue weighted by molar-refractivity contribution is 5.48. The number of rotatable bonds is 5. The van der Waals surface area contributed by atoms with Gasteiger partial charge in [0.1, 0.15) is 5.75 Å². The lowest BCUT2D eigenvalue weighted by Crippen LogP contribution is -2.30. The number of nitrogens with zero attached hydrogens (tertiary/aromatic N) is 1. The van der Waals surface area contributed by atoms with E-state index in [0.717, 1.165) is 11.4 Å². The van der Waals surface area contributed by atoms with Crippen molar-refractivity contribution < 1.29 is 9.84 Å². The lowest BCUT2D eigenvalue weighted by Gasteiger charge is -2.22. The van der Waals surface area contributed by atoms with Gasteiger partial charge in [0.2, 0.25) is 0 Å². The van der Waals surface area contributed by atoms with E-state index in [1.165, 1.54) is 12.8 Å². The van der Waals surface area contributed by atoms with Crippen LogP contribution in [0, 0.1) is 5.92 Å². The fourth-order valence-electron chi connectivity index (χ4n) is 1.85. The maximum Gasteiger partial charge on any atom is 0.119 e. The summed E-state index contributed by atoms with van der Waals surface area (Å²) in [6.07, 6.45) is 2.17. The van der Waals surface area contributed by atoms with Crippen molar-refractivity contribution in [3.63, 3.8) is 0 Å². The minimum absolute atomic E-state index is 0.188. The van der Waals surface area contributed by atoms with E-state index >= 15 is 0 Å². The molecule has 1 unspecified atom stereocenters. The van der Waals surface area contributed by atoms with Crippen LogP contribution in [0.1, 0.15) is 12.8 Å². The molecule has 1 atom stereocenters. The topological polar surface area (TPSA) is 32.7 Å². The third-order valence-electron chi connectivity index (χ3n) is 3.14. The van der Waals surface area contributed by atoms with Crippen LogP contribution in [-0.2, 0) is 0 Å². The highest BCUT2D eigenvalue weighted by Crippen LogP contribution is 2.33. The molecule has 16 heavy (non-hydrogen) atoms. The van der Waals surface area contributed by atoms with Gasteiger partial charge in [0.05, 0.1) is 13.2 Å². The first-order valence-corrected chi connectivity index (χ1v) is 5.74. The van der Waals surface area contributed by atoms with Gasteiger partial charge in [-0.3, -0.25) is 0 Å². The van der Waals surface area contributed by atoms with Gasteiger partial charge in [-0.1, -0.05) is 0 Å². The van der Waals surface area contributed by atoms with Crippen molar-refractivity contribution in [2.24, 2.45) is 5.92 Å². The Morgan fingerprint density at radius 2 is 2.00 bits per heavy atom. The van der Waals surface area contributed by atoms with E-state index in [0.29, 0.717) is 12.5 Å². The number of ether oxygens (including phenoxy) is 1. The van der Waals surface area contributed by atoms with Crippen LogP contribution in [0.15, 0.2) is 24.3 Å². The summed E-state index contributed by atoms with van der Waals surface area (Å²) in [6, 6.07) is 7.90. The Morgan fingerprint density at radius 3 is 2.50 bits per heavy atom. The summed E-state index contributed by atoms with van der Waals surface area (Å²) in [7, 11) is 3.67. The molecular weight excluding hydrogens is 202 g/mol. The van der Waals surface area contributed by atoms with Crippen molar-refractivity contribution in [2.45, 2.75) is 18.9 Å². The highest BCUT2D eigenvalue weighted by Gasteiger charge is 2.30. The lowest BCUT2D eigenvalue weighted by atomic mass is 10.2. The second kappa shape index (κ2) is 4.74. The van der Waals surface area contributed by atoms with Gasteiger partial charge in [-0.05, 0) is 43.0 Å². The second-order valence-electron chi connectivity index (χ2n) is 4.48. The average molecular weight is 221 g/mol. The van der Waals surface area contributed by atoms with E-state index < -0.39 is 0 Å². The second-order valence-corrected chi connectivity index (χ2v) is 4.48. The largest absolute Gasteiger partial charge is 0.497 e. The summed E-state index contributed by atoms with van der Waals surface area (Å²) in [5.41, 5.74) is 1.11. The maximum atomic E-state index is 9.86. The van der Waals surface area contributed by atoms with Crippen molar-refractivity contribution in [1.82, 2.24) is 0 Å². The van der Waals surface area contributed by atoms with E-state index in [1.54, 1.807) is 7.11 Å². The third kappa shape index (κ3) is 2.67. The third-order valence-corrected chi connectivity index (χ3v) is 3.14. The Morgan fingerprint density at radius 1 is 1.38 bits per heavy atom. The summed E-state index contributed by atoms with van der Waals surface area (Å²) in [5, 5.41) is 9.86. The molecule has 0 aromatic heterocycles. The van der Waals surface area contributed by atoms with Gasteiger partial charge in [0, 0.05) is 19.3 Å². The van der Waals surface area contributed by atoms with Gasteiger partial charge in [-0.15, -0.1) is 0 Å². The number of hydrogen-bond acceptors (Lipinski definition) is 3. The first-order chi connectivity index (χ1) is 7.70. The molecule has 2 rings (SSSR count). The minimum atomic E-state index is -0.188. The van der Waals surface area contributed by atoms with E-state index in [9.17, 15) is 5.11 Å². The van der Waals surface area contributed by atoms with E-state index in [-0.39, 0.29) is 6.10 Å². The fourth-order valence-corrected chi connectivity index (χ4v) is 1.85. The summed E-state index contributed by atoms with van der Waals surface area (Å²) in [4.78, 5) is 2.09. The molecule has 3 nitrogen and oxygen atoms in total. The summed E-state index contributed by atoms with van der Waals surface area (Å²) < 4.78 is 5.11. The Labute approximate surface area is 96.6 Å². The molecular formula is C13H19NO2. The smallest absolute Gasteiger partial charge is 0.119 e. The van der Waals surface area contributed by atoms with Crippen molar-refractivity contribution in [1.29, 1.82) is 0 Å². The van der Waals surface area contributed by atoms with Crippen LogP contribution < -0.4 is 9.64 Å². The molecule has 0 heterocycles. The fraction of sp³-hybridized carbons (Fsp3) is 0.538. The molecule has 1 aliphatic carbocycles. The first-order valence-electron chi connectivity index (χ1n) is 5.74. The standard InChI is InChI=1S/C13H19NO2/c1-14(9-13(15)10-3-4-10)11-5-7-12(16-2)8-6-11/h5-8,10,13,15H,3-4,9H2,1-2H3. The molecule has 0 spiro atoms. The molecule has 0 radical (unpaired) electrons. The predicted molar refractivity (Wildman–Crippen MR) is 65.0 cm³/mol. The molecule has 1 saturated carbocycles. The molecule has 0 bridgehead atoms. The number of methoxy groups -OCH3 is 1. The molecule has 3 heteroatoms. The number of likely N-dealkylation sites (N-methyl/N-ethyl adjacent to an activating group) is 1. The first kappa shape index (κ1) is 11.3. The van der Waals surface area contributed by atoms with E-state index in [4.69, 9.17) is 4.74 Å². The molecule has 0 saturated heterocycles. The van der Waals surface area contributed by atoms with Gasteiger partial charge in [-0.25, -0.2) is 0 Å². The summed E-state index contributed by atoms with van der Waals surface area (Å²) >= 11 is 0. The number of aliphatic hydroxyl groups excluding tert-OH is 1. The molecule has 1 aromatic rings. The number of aliphatic hydroxyl groups is 1. The van der Waals surface area contributed by atoms with Crippen LogP contribution in [-0.4, -0.2) is 31.9 Å². The van der Waals surface area contributed by atoms with Crippen LogP contribution >= 0.6 is 0 Å². The van der Waals surface area contributed by atoms with Crippen LogP contribution in [0.25, 0.3) is 0 Å².